The van der Waals surface area contributed by atoms with Crippen LogP contribution in [-0.4, -0.2) is 11.0 Å². The van der Waals surface area contributed by atoms with Gasteiger partial charge in [0, 0.05) is 11.3 Å². The fraction of sp³-hybridized carbons (Fsp3) is 0.133. The number of para-hydroxylation sites is 1. The first-order valence-corrected chi connectivity index (χ1v) is 5.98. The highest BCUT2D eigenvalue weighted by Gasteiger charge is 2.20. The number of primary amides is 1. The Morgan fingerprint density at radius 2 is 1.79 bits per heavy atom. The summed E-state index contributed by atoms with van der Waals surface area (Å²) in [5.74, 6) is -0.493. The van der Waals surface area contributed by atoms with Gasteiger partial charge in [-0.1, -0.05) is 35.9 Å². The van der Waals surface area contributed by atoms with Gasteiger partial charge in [-0.2, -0.15) is 0 Å². The van der Waals surface area contributed by atoms with Crippen LogP contribution < -0.4 is 11.1 Å². The minimum Gasteiger partial charge on any atom is -0.508 e. The molecule has 4 nitrogen and oxygen atoms in total. The van der Waals surface area contributed by atoms with Crippen molar-refractivity contribution in [2.45, 2.75) is 13.0 Å². The topological polar surface area (TPSA) is 75.3 Å². The van der Waals surface area contributed by atoms with Gasteiger partial charge >= 0.3 is 0 Å². The second kappa shape index (κ2) is 5.44. The predicted octanol–water partition coefficient (Wildman–Crippen LogP) is 2.34. The molecule has 4 heteroatoms. The third kappa shape index (κ3) is 3.04. The summed E-state index contributed by atoms with van der Waals surface area (Å²) in [6.07, 6.45) is 0. The third-order valence-electron chi connectivity index (χ3n) is 2.89. The molecule has 19 heavy (non-hydrogen) atoms. The zero-order chi connectivity index (χ0) is 13.8. The number of amides is 1. The van der Waals surface area contributed by atoms with Gasteiger partial charge < -0.3 is 16.2 Å². The maximum absolute atomic E-state index is 11.6. The summed E-state index contributed by atoms with van der Waals surface area (Å²) in [6.45, 7) is 1.98. The van der Waals surface area contributed by atoms with E-state index in [4.69, 9.17) is 5.73 Å². The van der Waals surface area contributed by atoms with Crippen LogP contribution in [0.3, 0.4) is 0 Å². The van der Waals surface area contributed by atoms with E-state index in [0.29, 0.717) is 5.56 Å². The van der Waals surface area contributed by atoms with E-state index in [0.717, 1.165) is 11.3 Å². The number of benzene rings is 2. The smallest absolute Gasteiger partial charge is 0.244 e. The fourth-order valence-corrected chi connectivity index (χ4v) is 1.85. The molecule has 0 fully saturated rings. The molecule has 98 valence electrons. The van der Waals surface area contributed by atoms with Gasteiger partial charge in [0.15, 0.2) is 0 Å². The van der Waals surface area contributed by atoms with Crippen LogP contribution >= 0.6 is 0 Å². The van der Waals surface area contributed by atoms with E-state index < -0.39 is 11.9 Å². The van der Waals surface area contributed by atoms with Crippen molar-refractivity contribution in [1.82, 2.24) is 0 Å². The van der Waals surface area contributed by atoms with Crippen molar-refractivity contribution in [1.29, 1.82) is 0 Å². The molecule has 1 atom stereocenters. The second-order valence-electron chi connectivity index (χ2n) is 4.40. The van der Waals surface area contributed by atoms with Crippen LogP contribution in [0.25, 0.3) is 0 Å². The van der Waals surface area contributed by atoms with Gasteiger partial charge in [0.05, 0.1) is 0 Å². The molecule has 0 spiro atoms. The summed E-state index contributed by atoms with van der Waals surface area (Å²) < 4.78 is 0. The van der Waals surface area contributed by atoms with Gasteiger partial charge in [-0.15, -0.1) is 0 Å². The van der Waals surface area contributed by atoms with E-state index >= 15 is 0 Å². The van der Waals surface area contributed by atoms with Crippen LogP contribution in [0.1, 0.15) is 17.2 Å². The molecule has 0 aliphatic heterocycles. The summed E-state index contributed by atoms with van der Waals surface area (Å²) >= 11 is 0. The van der Waals surface area contributed by atoms with Crippen LogP contribution in [0.2, 0.25) is 0 Å². The predicted molar refractivity (Wildman–Crippen MR) is 74.8 cm³/mol. The lowest BCUT2D eigenvalue weighted by Crippen LogP contribution is -2.27. The van der Waals surface area contributed by atoms with Crippen molar-refractivity contribution < 1.29 is 9.90 Å². The zero-order valence-electron chi connectivity index (χ0n) is 10.6. The highest BCUT2D eigenvalue weighted by molar-refractivity contribution is 5.85. The molecule has 0 saturated carbocycles. The Bertz CT molecular complexity index is 579. The Morgan fingerprint density at radius 1 is 1.16 bits per heavy atom. The van der Waals surface area contributed by atoms with Crippen molar-refractivity contribution in [2.75, 3.05) is 5.32 Å². The molecule has 1 amide bonds. The molecule has 0 aromatic heterocycles. The van der Waals surface area contributed by atoms with Crippen LogP contribution in [-0.2, 0) is 4.79 Å². The average Bonchev–Trinajstić information content (AvgIpc) is 2.39. The minimum absolute atomic E-state index is 0.0471. The van der Waals surface area contributed by atoms with E-state index in [1.54, 1.807) is 18.2 Å². The van der Waals surface area contributed by atoms with Crippen molar-refractivity contribution in [3.05, 3.63) is 59.7 Å². The first kappa shape index (κ1) is 13.0. The SMILES string of the molecule is Cc1ccc(NC(C(N)=O)c2ccccc2O)cc1. The fourth-order valence-electron chi connectivity index (χ4n) is 1.85. The normalized spacial score (nSPS) is 11.8. The Hall–Kier alpha value is -2.49. The molecular formula is C15H16N2O2. The second-order valence-corrected chi connectivity index (χ2v) is 4.40. The zero-order valence-corrected chi connectivity index (χ0v) is 10.6. The summed E-state index contributed by atoms with van der Waals surface area (Å²) in [5, 5.41) is 12.8. The van der Waals surface area contributed by atoms with Crippen LogP contribution in [0.5, 0.6) is 5.75 Å². The van der Waals surface area contributed by atoms with Gasteiger partial charge in [-0.25, -0.2) is 0 Å². The number of phenols is 1. The number of anilines is 1. The maximum atomic E-state index is 11.6. The lowest BCUT2D eigenvalue weighted by atomic mass is 10.0. The van der Waals surface area contributed by atoms with Crippen molar-refractivity contribution in [2.24, 2.45) is 5.73 Å². The van der Waals surface area contributed by atoms with Crippen LogP contribution in [0.15, 0.2) is 48.5 Å². The van der Waals surface area contributed by atoms with Gasteiger partial charge in [0.25, 0.3) is 0 Å². The summed E-state index contributed by atoms with van der Waals surface area (Å²) in [7, 11) is 0. The summed E-state index contributed by atoms with van der Waals surface area (Å²) in [4.78, 5) is 11.6. The number of phenolic OH excluding ortho intramolecular Hbond substituents is 1. The maximum Gasteiger partial charge on any atom is 0.244 e. The van der Waals surface area contributed by atoms with Gasteiger partial charge in [0.1, 0.15) is 11.8 Å². The van der Waals surface area contributed by atoms with E-state index in [9.17, 15) is 9.90 Å². The Kier molecular flexibility index (Phi) is 3.71. The molecule has 0 radical (unpaired) electrons. The minimum atomic E-state index is -0.760. The Labute approximate surface area is 111 Å². The lowest BCUT2D eigenvalue weighted by Gasteiger charge is -2.18. The Balaban J connectivity index is 2.29. The third-order valence-corrected chi connectivity index (χ3v) is 2.89. The van der Waals surface area contributed by atoms with E-state index in [1.165, 1.54) is 6.07 Å². The number of nitrogens with two attached hydrogens (primary N) is 1. The first-order valence-electron chi connectivity index (χ1n) is 5.98. The molecule has 2 rings (SSSR count). The number of aryl methyl sites for hydroxylation is 1. The van der Waals surface area contributed by atoms with Crippen LogP contribution in [0.4, 0.5) is 5.69 Å². The first-order chi connectivity index (χ1) is 9.08. The van der Waals surface area contributed by atoms with Crippen molar-refractivity contribution in [3.63, 3.8) is 0 Å². The standard InChI is InChI=1S/C15H16N2O2/c1-10-6-8-11(9-7-10)17-14(15(16)19)12-4-2-3-5-13(12)18/h2-9,14,17-18H,1H3,(H2,16,19). The van der Waals surface area contributed by atoms with Crippen molar-refractivity contribution in [3.8, 4) is 5.75 Å². The monoisotopic (exact) mass is 256 g/mol. The summed E-state index contributed by atoms with van der Waals surface area (Å²) in [6, 6.07) is 13.5. The van der Waals surface area contributed by atoms with Gasteiger partial charge in [-0.05, 0) is 25.1 Å². The molecule has 0 bridgehead atoms. The molecule has 0 aliphatic carbocycles. The molecule has 0 aliphatic rings. The molecule has 2 aromatic rings. The van der Waals surface area contributed by atoms with Crippen molar-refractivity contribution >= 4 is 11.6 Å². The molecule has 0 heterocycles. The Morgan fingerprint density at radius 3 is 2.37 bits per heavy atom. The summed E-state index contributed by atoms with van der Waals surface area (Å²) in [5.41, 5.74) is 7.77. The largest absolute Gasteiger partial charge is 0.508 e. The molecule has 0 saturated heterocycles. The van der Waals surface area contributed by atoms with Gasteiger partial charge in [-0.3, -0.25) is 4.79 Å². The van der Waals surface area contributed by atoms with Gasteiger partial charge in [0.2, 0.25) is 5.91 Å². The van der Waals surface area contributed by atoms with Crippen LogP contribution in [0, 0.1) is 6.92 Å². The van der Waals surface area contributed by atoms with E-state index in [-0.39, 0.29) is 5.75 Å². The molecule has 4 N–H and O–H groups in total. The number of rotatable bonds is 4. The molecular weight excluding hydrogens is 240 g/mol. The number of hydrogen-bond donors (Lipinski definition) is 3. The quantitative estimate of drug-likeness (QED) is 0.786. The molecule has 2 aromatic carbocycles. The highest BCUT2D eigenvalue weighted by atomic mass is 16.3. The number of carbonyl (C=O) groups is 1. The number of aromatic hydroxyl groups is 1. The average molecular weight is 256 g/mol. The number of hydrogen-bond acceptors (Lipinski definition) is 3. The van der Waals surface area contributed by atoms with E-state index in [2.05, 4.69) is 5.32 Å². The van der Waals surface area contributed by atoms with E-state index in [1.807, 2.05) is 31.2 Å². The lowest BCUT2D eigenvalue weighted by molar-refractivity contribution is -0.118. The molecule has 1 unspecified atom stereocenters. The number of carbonyl (C=O) groups excluding carboxylic acids is 1. The highest BCUT2D eigenvalue weighted by Crippen LogP contribution is 2.26. The number of nitrogens with one attached hydrogen (secondary N) is 1.